The van der Waals surface area contributed by atoms with Gasteiger partial charge in [0.15, 0.2) is 0 Å². The molecule has 0 aromatic heterocycles. The summed E-state index contributed by atoms with van der Waals surface area (Å²) in [7, 11) is 0. The lowest BCUT2D eigenvalue weighted by atomic mass is 10.4. The molecule has 0 saturated carbocycles. The number of hydrogen-bond acceptors (Lipinski definition) is 1. The van der Waals surface area contributed by atoms with Gasteiger partial charge < -0.3 is 4.74 Å². The minimum absolute atomic E-state index is 0.826. The molecule has 0 amide bonds. The van der Waals surface area contributed by atoms with Crippen LogP contribution in [-0.2, 0) is 4.74 Å². The molecule has 1 aliphatic rings. The maximum absolute atomic E-state index is 5.13. The average molecular weight is 128 g/mol. The van der Waals surface area contributed by atoms with Crippen molar-refractivity contribution in [2.45, 2.75) is 13.8 Å². The normalized spacial score (nSPS) is 22.0. The van der Waals surface area contributed by atoms with Crippen LogP contribution in [0.1, 0.15) is 13.8 Å². The summed E-state index contributed by atoms with van der Waals surface area (Å²) in [5.74, 6) is 0. The second kappa shape index (κ2) is 2.40. The molecule has 0 saturated heterocycles. The van der Waals surface area contributed by atoms with Gasteiger partial charge >= 0.3 is 0 Å². The third kappa shape index (κ3) is 1.08. The van der Waals surface area contributed by atoms with Gasteiger partial charge in [-0.25, -0.2) is 0 Å². The highest BCUT2D eigenvalue weighted by molar-refractivity contribution is 4.67. The maximum atomic E-state index is 5.13. The van der Waals surface area contributed by atoms with Crippen LogP contribution in [0.25, 0.3) is 0 Å². The fraction of sp³-hybridized carbons (Fsp3) is 0.714. The molecule has 9 heavy (non-hydrogen) atoms. The van der Waals surface area contributed by atoms with Crippen molar-refractivity contribution in [1.82, 2.24) is 0 Å². The SMILES string of the molecule is CC[N+]1(CC)C=COC1. The zero-order valence-electron chi connectivity index (χ0n) is 6.13. The second-order valence-corrected chi connectivity index (χ2v) is 2.43. The predicted molar refractivity (Wildman–Crippen MR) is 36.4 cm³/mol. The first-order valence-electron chi connectivity index (χ1n) is 3.48. The third-order valence-corrected chi connectivity index (χ3v) is 2.06. The summed E-state index contributed by atoms with van der Waals surface area (Å²) in [5.41, 5.74) is 0. The van der Waals surface area contributed by atoms with Gasteiger partial charge in [-0.3, -0.25) is 4.48 Å². The Morgan fingerprint density at radius 2 is 2.11 bits per heavy atom. The van der Waals surface area contributed by atoms with Crippen LogP contribution in [0.3, 0.4) is 0 Å². The van der Waals surface area contributed by atoms with Gasteiger partial charge in [0.1, 0.15) is 12.5 Å². The highest BCUT2D eigenvalue weighted by atomic mass is 16.5. The van der Waals surface area contributed by atoms with Crippen LogP contribution in [0.15, 0.2) is 12.5 Å². The number of quaternary nitrogens is 1. The third-order valence-electron chi connectivity index (χ3n) is 2.06. The Labute approximate surface area is 56.3 Å². The molecule has 1 rings (SSSR count). The molecule has 1 heterocycles. The molecule has 0 aromatic rings. The summed E-state index contributed by atoms with van der Waals surface area (Å²) >= 11 is 0. The zero-order valence-corrected chi connectivity index (χ0v) is 6.13. The van der Waals surface area contributed by atoms with Crippen LogP contribution in [0.4, 0.5) is 0 Å². The van der Waals surface area contributed by atoms with E-state index in [4.69, 9.17) is 4.74 Å². The maximum Gasteiger partial charge on any atom is 0.227 e. The molecule has 0 aliphatic carbocycles. The van der Waals surface area contributed by atoms with Gasteiger partial charge in [-0.1, -0.05) is 0 Å². The Balaban J connectivity index is 2.57. The molecule has 52 valence electrons. The van der Waals surface area contributed by atoms with Gasteiger partial charge in [0, 0.05) is 0 Å². The lowest BCUT2D eigenvalue weighted by molar-refractivity contribution is -0.884. The predicted octanol–water partition coefficient (Wildman–Crippen LogP) is 1.30. The molecule has 1 aliphatic heterocycles. The van der Waals surface area contributed by atoms with E-state index in [1.165, 1.54) is 0 Å². The molecule has 0 fully saturated rings. The van der Waals surface area contributed by atoms with E-state index in [0.29, 0.717) is 0 Å². The molecule has 0 bridgehead atoms. The molecule has 2 nitrogen and oxygen atoms in total. The summed E-state index contributed by atoms with van der Waals surface area (Å²) in [5, 5.41) is 0. The molecule has 0 radical (unpaired) electrons. The van der Waals surface area contributed by atoms with E-state index in [-0.39, 0.29) is 0 Å². The standard InChI is InChI=1S/C7H14NO/c1-3-8(4-2)5-6-9-7-8/h5-6H,3-4,7H2,1-2H3/q+1. The Morgan fingerprint density at radius 3 is 2.33 bits per heavy atom. The van der Waals surface area contributed by atoms with E-state index in [9.17, 15) is 0 Å². The van der Waals surface area contributed by atoms with Crippen LogP contribution >= 0.6 is 0 Å². The van der Waals surface area contributed by atoms with E-state index in [1.54, 1.807) is 6.26 Å². The smallest absolute Gasteiger partial charge is 0.227 e. The molecule has 2 heteroatoms. The van der Waals surface area contributed by atoms with Crippen molar-refractivity contribution in [2.24, 2.45) is 0 Å². The second-order valence-electron chi connectivity index (χ2n) is 2.43. The van der Waals surface area contributed by atoms with Crippen molar-refractivity contribution in [3.63, 3.8) is 0 Å². The van der Waals surface area contributed by atoms with Crippen molar-refractivity contribution in [2.75, 3.05) is 19.8 Å². The summed E-state index contributed by atoms with van der Waals surface area (Å²) in [6, 6.07) is 0. The highest BCUT2D eigenvalue weighted by Crippen LogP contribution is 2.13. The Morgan fingerprint density at radius 1 is 1.44 bits per heavy atom. The van der Waals surface area contributed by atoms with Gasteiger partial charge in [0.05, 0.1) is 13.1 Å². The Hall–Kier alpha value is -0.500. The van der Waals surface area contributed by atoms with Crippen molar-refractivity contribution in [3.05, 3.63) is 12.5 Å². The van der Waals surface area contributed by atoms with E-state index < -0.39 is 0 Å². The van der Waals surface area contributed by atoms with Crippen molar-refractivity contribution in [3.8, 4) is 0 Å². The first kappa shape index (κ1) is 6.62. The number of ether oxygens (including phenoxy) is 1. The van der Waals surface area contributed by atoms with E-state index in [0.717, 1.165) is 24.3 Å². The van der Waals surface area contributed by atoms with E-state index in [1.807, 2.05) is 0 Å². The van der Waals surface area contributed by atoms with Gasteiger partial charge in [-0.05, 0) is 13.8 Å². The van der Waals surface area contributed by atoms with Gasteiger partial charge in [0.25, 0.3) is 0 Å². The van der Waals surface area contributed by atoms with Crippen molar-refractivity contribution < 1.29 is 9.22 Å². The Kier molecular flexibility index (Phi) is 1.76. The Bertz CT molecular complexity index is 116. The number of nitrogens with zero attached hydrogens (tertiary/aromatic N) is 1. The lowest BCUT2D eigenvalue weighted by Gasteiger charge is -2.25. The molecular formula is C7H14NO+. The monoisotopic (exact) mass is 128 g/mol. The van der Waals surface area contributed by atoms with Crippen molar-refractivity contribution in [1.29, 1.82) is 0 Å². The zero-order chi connectivity index (χ0) is 6.74. The summed E-state index contributed by atoms with van der Waals surface area (Å²) in [6.45, 7) is 7.46. The minimum atomic E-state index is 0.826. The van der Waals surface area contributed by atoms with Gasteiger partial charge in [0.2, 0.25) is 6.73 Å². The molecule has 0 unspecified atom stereocenters. The average Bonchev–Trinajstić information content (AvgIpc) is 2.36. The van der Waals surface area contributed by atoms with Gasteiger partial charge in [-0.15, -0.1) is 0 Å². The summed E-state index contributed by atoms with van der Waals surface area (Å²) < 4.78 is 6.12. The van der Waals surface area contributed by atoms with Crippen LogP contribution in [0, 0.1) is 0 Å². The van der Waals surface area contributed by atoms with Crippen LogP contribution in [0.5, 0.6) is 0 Å². The molecule has 0 spiro atoms. The quantitative estimate of drug-likeness (QED) is 0.509. The summed E-state index contributed by atoms with van der Waals surface area (Å²) in [6.07, 6.45) is 3.92. The van der Waals surface area contributed by atoms with Crippen LogP contribution in [-0.4, -0.2) is 24.3 Å². The minimum Gasteiger partial charge on any atom is -0.447 e. The van der Waals surface area contributed by atoms with E-state index >= 15 is 0 Å². The highest BCUT2D eigenvalue weighted by Gasteiger charge is 2.24. The molecule has 0 N–H and O–H groups in total. The first-order valence-corrected chi connectivity index (χ1v) is 3.48. The van der Waals surface area contributed by atoms with E-state index in [2.05, 4.69) is 20.0 Å². The number of rotatable bonds is 2. The fourth-order valence-electron chi connectivity index (χ4n) is 1.02. The fourth-order valence-corrected chi connectivity index (χ4v) is 1.02. The topological polar surface area (TPSA) is 9.23 Å². The molecular weight excluding hydrogens is 114 g/mol. The van der Waals surface area contributed by atoms with Crippen LogP contribution < -0.4 is 0 Å². The first-order chi connectivity index (χ1) is 4.33. The lowest BCUT2D eigenvalue weighted by Crippen LogP contribution is -2.40. The van der Waals surface area contributed by atoms with Crippen molar-refractivity contribution >= 4 is 0 Å². The summed E-state index contributed by atoms with van der Waals surface area (Å²) in [4.78, 5) is 0. The number of hydrogen-bond donors (Lipinski definition) is 0. The van der Waals surface area contributed by atoms with Crippen LogP contribution in [0.2, 0.25) is 0 Å². The molecule has 0 aromatic carbocycles. The van der Waals surface area contributed by atoms with Gasteiger partial charge in [-0.2, -0.15) is 0 Å². The largest absolute Gasteiger partial charge is 0.447 e. The molecule has 0 atom stereocenters.